The average Bonchev–Trinajstić information content (AvgIpc) is 3.19. The number of para-hydroxylation sites is 2. The maximum absolute atomic E-state index is 5.73. The first-order valence-electron chi connectivity index (χ1n) is 6.94. The van der Waals surface area contributed by atoms with Crippen molar-refractivity contribution in [2.24, 2.45) is 0 Å². The molecule has 7 heteroatoms. The van der Waals surface area contributed by atoms with Gasteiger partial charge in [0.25, 0.3) is 0 Å². The van der Waals surface area contributed by atoms with E-state index in [9.17, 15) is 0 Å². The maximum atomic E-state index is 5.73. The van der Waals surface area contributed by atoms with E-state index in [-0.39, 0.29) is 0 Å². The van der Waals surface area contributed by atoms with Crippen LogP contribution in [0.5, 0.6) is 0 Å². The molecule has 1 N–H and O–H groups in total. The summed E-state index contributed by atoms with van der Waals surface area (Å²) in [5.41, 5.74) is 2.86. The topological polar surface area (TPSA) is 67.6 Å². The number of benzene rings is 2. The fourth-order valence-electron chi connectivity index (χ4n) is 2.18. The van der Waals surface area contributed by atoms with Crippen molar-refractivity contribution in [1.82, 2.24) is 20.2 Å². The number of nitrogens with one attached hydrogen (secondary N) is 1. The molecule has 0 radical (unpaired) electrons. The summed E-state index contributed by atoms with van der Waals surface area (Å²) in [5, 5.41) is 9.05. The van der Waals surface area contributed by atoms with Crippen LogP contribution >= 0.6 is 27.7 Å². The SMILES string of the molecule is Brc1ccccc1-c1nnc(CSc2nc3ccccc3[nH]2)o1. The molecular formula is C16H11BrN4OS. The van der Waals surface area contributed by atoms with Crippen LogP contribution in [0.4, 0.5) is 0 Å². The summed E-state index contributed by atoms with van der Waals surface area (Å²) in [5.74, 6) is 1.65. The summed E-state index contributed by atoms with van der Waals surface area (Å²) in [7, 11) is 0. The van der Waals surface area contributed by atoms with Crippen molar-refractivity contribution in [2.45, 2.75) is 10.9 Å². The summed E-state index contributed by atoms with van der Waals surface area (Å²) in [6.45, 7) is 0. The van der Waals surface area contributed by atoms with Crippen LogP contribution in [0.2, 0.25) is 0 Å². The van der Waals surface area contributed by atoms with E-state index in [2.05, 4.69) is 36.1 Å². The molecule has 2 aromatic heterocycles. The maximum Gasteiger partial charge on any atom is 0.248 e. The molecule has 0 bridgehead atoms. The Morgan fingerprint density at radius 1 is 1.04 bits per heavy atom. The third-order valence-electron chi connectivity index (χ3n) is 3.27. The molecule has 0 aliphatic carbocycles. The molecule has 0 spiro atoms. The molecule has 0 atom stereocenters. The minimum atomic E-state index is 0.512. The third-order valence-corrected chi connectivity index (χ3v) is 4.82. The molecule has 0 aliphatic heterocycles. The largest absolute Gasteiger partial charge is 0.420 e. The third kappa shape index (κ3) is 3.02. The van der Waals surface area contributed by atoms with Gasteiger partial charge in [0.15, 0.2) is 5.16 Å². The Morgan fingerprint density at radius 3 is 2.74 bits per heavy atom. The van der Waals surface area contributed by atoms with Gasteiger partial charge in [-0.2, -0.15) is 0 Å². The predicted molar refractivity (Wildman–Crippen MR) is 93.1 cm³/mol. The van der Waals surface area contributed by atoms with Crippen LogP contribution in [0, 0.1) is 0 Å². The molecule has 23 heavy (non-hydrogen) atoms. The zero-order valence-corrected chi connectivity index (χ0v) is 14.3. The van der Waals surface area contributed by atoms with E-state index in [1.165, 1.54) is 11.8 Å². The van der Waals surface area contributed by atoms with Crippen LogP contribution < -0.4 is 0 Å². The van der Waals surface area contributed by atoms with Gasteiger partial charge in [-0.25, -0.2) is 4.98 Å². The van der Waals surface area contributed by atoms with Crippen LogP contribution in [0.3, 0.4) is 0 Å². The van der Waals surface area contributed by atoms with Gasteiger partial charge in [0.2, 0.25) is 11.8 Å². The van der Waals surface area contributed by atoms with Crippen molar-refractivity contribution in [2.75, 3.05) is 0 Å². The zero-order chi connectivity index (χ0) is 15.6. The van der Waals surface area contributed by atoms with E-state index >= 15 is 0 Å². The Morgan fingerprint density at radius 2 is 1.87 bits per heavy atom. The number of hydrogen-bond donors (Lipinski definition) is 1. The summed E-state index contributed by atoms with van der Waals surface area (Å²) in [6, 6.07) is 15.7. The predicted octanol–water partition coefficient (Wildman–Crippen LogP) is 4.67. The molecule has 0 saturated carbocycles. The molecule has 0 aliphatic rings. The number of nitrogens with zero attached hydrogens (tertiary/aromatic N) is 3. The van der Waals surface area contributed by atoms with Gasteiger partial charge in [0.05, 0.1) is 22.3 Å². The lowest BCUT2D eigenvalue weighted by atomic mass is 10.2. The van der Waals surface area contributed by atoms with Crippen molar-refractivity contribution in [3.05, 3.63) is 58.9 Å². The molecule has 0 saturated heterocycles. The van der Waals surface area contributed by atoms with Crippen LogP contribution in [0.25, 0.3) is 22.5 Å². The number of halogens is 1. The number of imidazole rings is 1. The molecule has 5 nitrogen and oxygen atoms in total. The zero-order valence-electron chi connectivity index (χ0n) is 11.9. The van der Waals surface area contributed by atoms with Crippen molar-refractivity contribution >= 4 is 38.7 Å². The monoisotopic (exact) mass is 386 g/mol. The number of aromatic nitrogens is 4. The molecule has 114 valence electrons. The fourth-order valence-corrected chi connectivity index (χ4v) is 3.36. The van der Waals surface area contributed by atoms with Gasteiger partial charge in [0, 0.05) is 4.47 Å². The van der Waals surface area contributed by atoms with Crippen molar-refractivity contribution in [3.63, 3.8) is 0 Å². The van der Waals surface area contributed by atoms with E-state index in [1.807, 2.05) is 48.5 Å². The van der Waals surface area contributed by atoms with Gasteiger partial charge < -0.3 is 9.40 Å². The van der Waals surface area contributed by atoms with Crippen molar-refractivity contribution in [1.29, 1.82) is 0 Å². The second-order valence-electron chi connectivity index (χ2n) is 4.83. The van der Waals surface area contributed by atoms with Gasteiger partial charge in [-0.3, -0.25) is 0 Å². The first-order chi connectivity index (χ1) is 11.3. The van der Waals surface area contributed by atoms with Crippen LogP contribution in [-0.2, 0) is 5.75 Å². The first kappa shape index (κ1) is 14.5. The van der Waals surface area contributed by atoms with E-state index in [0.717, 1.165) is 26.2 Å². The Bertz CT molecular complexity index is 932. The number of hydrogen-bond acceptors (Lipinski definition) is 5. The van der Waals surface area contributed by atoms with E-state index < -0.39 is 0 Å². The molecule has 4 aromatic rings. The van der Waals surface area contributed by atoms with Crippen LogP contribution in [-0.4, -0.2) is 20.2 Å². The highest BCUT2D eigenvalue weighted by Gasteiger charge is 2.12. The Balaban J connectivity index is 1.51. The van der Waals surface area contributed by atoms with Gasteiger partial charge in [-0.05, 0) is 40.2 Å². The number of thioether (sulfide) groups is 1. The summed E-state index contributed by atoms with van der Waals surface area (Å²) >= 11 is 5.03. The Hall–Kier alpha value is -2.12. The number of aromatic amines is 1. The average molecular weight is 387 g/mol. The number of rotatable bonds is 4. The normalized spacial score (nSPS) is 11.2. The highest BCUT2D eigenvalue weighted by atomic mass is 79.9. The lowest BCUT2D eigenvalue weighted by Gasteiger charge is -1.97. The molecule has 0 amide bonds. The van der Waals surface area contributed by atoms with Crippen LogP contribution in [0.15, 0.2) is 62.6 Å². The highest BCUT2D eigenvalue weighted by Crippen LogP contribution is 2.28. The van der Waals surface area contributed by atoms with Gasteiger partial charge in [-0.1, -0.05) is 36.0 Å². The Kier molecular flexibility index (Phi) is 3.88. The molecule has 0 unspecified atom stereocenters. The summed E-state index contributed by atoms with van der Waals surface area (Å²) in [4.78, 5) is 7.78. The number of H-pyrrole nitrogens is 1. The van der Waals surface area contributed by atoms with E-state index in [4.69, 9.17) is 4.42 Å². The molecule has 2 aromatic carbocycles. The first-order valence-corrected chi connectivity index (χ1v) is 8.72. The van der Waals surface area contributed by atoms with Gasteiger partial charge in [0.1, 0.15) is 0 Å². The summed E-state index contributed by atoms with van der Waals surface area (Å²) in [6.07, 6.45) is 0. The minimum absolute atomic E-state index is 0.512. The van der Waals surface area contributed by atoms with Crippen LogP contribution in [0.1, 0.15) is 5.89 Å². The molecule has 2 heterocycles. The van der Waals surface area contributed by atoms with Crippen molar-refractivity contribution < 1.29 is 4.42 Å². The Labute approximate surface area is 144 Å². The van der Waals surface area contributed by atoms with E-state index in [1.54, 1.807) is 0 Å². The second-order valence-corrected chi connectivity index (χ2v) is 6.65. The molecule has 0 fully saturated rings. The lowest BCUT2D eigenvalue weighted by Crippen LogP contribution is -1.81. The molecular weight excluding hydrogens is 376 g/mol. The van der Waals surface area contributed by atoms with E-state index in [0.29, 0.717) is 17.5 Å². The molecule has 4 rings (SSSR count). The minimum Gasteiger partial charge on any atom is -0.420 e. The second kappa shape index (κ2) is 6.17. The fraction of sp³-hybridized carbons (Fsp3) is 0.0625. The van der Waals surface area contributed by atoms with Gasteiger partial charge >= 0.3 is 0 Å². The smallest absolute Gasteiger partial charge is 0.248 e. The van der Waals surface area contributed by atoms with Crippen molar-refractivity contribution in [3.8, 4) is 11.5 Å². The lowest BCUT2D eigenvalue weighted by molar-refractivity contribution is 0.528. The van der Waals surface area contributed by atoms with Gasteiger partial charge in [-0.15, -0.1) is 10.2 Å². The highest BCUT2D eigenvalue weighted by molar-refractivity contribution is 9.10. The number of fused-ring (bicyclic) bond motifs is 1. The summed E-state index contributed by atoms with van der Waals surface area (Å²) < 4.78 is 6.66. The standard InChI is InChI=1S/C16H11BrN4OS/c17-11-6-2-1-5-10(11)15-21-20-14(22-15)9-23-16-18-12-7-3-4-8-13(12)19-16/h1-8H,9H2,(H,18,19). The quantitative estimate of drug-likeness (QED) is 0.516.